The number of rotatable bonds is 4. The maximum Gasteiger partial charge on any atom is 0.274 e. The second-order valence-corrected chi connectivity index (χ2v) is 6.95. The van der Waals surface area contributed by atoms with Crippen molar-refractivity contribution in [1.82, 2.24) is 4.90 Å². The number of carbonyl (C=O) groups excluding carboxylic acids is 1. The minimum atomic E-state index is -1.01. The van der Waals surface area contributed by atoms with Crippen LogP contribution in [0.5, 0.6) is 11.5 Å². The van der Waals surface area contributed by atoms with Crippen LogP contribution in [0.4, 0.5) is 5.69 Å². The summed E-state index contributed by atoms with van der Waals surface area (Å²) in [5.74, 6) is -0.809. The smallest absolute Gasteiger partial charge is 0.274 e. The van der Waals surface area contributed by atoms with Gasteiger partial charge in [-0.1, -0.05) is 20.8 Å². The zero-order valence-electron chi connectivity index (χ0n) is 15.0. The standard InChI is InChI=1S/C17H24N2O5/c1-7-18(8-2)15(20)12-9-11(19(21)22)10-13-14(12)24-17(6,23-13)16(3,4)5/h9-10H,7-8H2,1-6H3. The first kappa shape index (κ1) is 18.0. The molecule has 0 fully saturated rings. The van der Waals surface area contributed by atoms with Gasteiger partial charge in [-0.25, -0.2) is 0 Å². The lowest BCUT2D eigenvalue weighted by Crippen LogP contribution is -2.47. The zero-order valence-corrected chi connectivity index (χ0v) is 15.0. The van der Waals surface area contributed by atoms with Crippen molar-refractivity contribution in [3.63, 3.8) is 0 Å². The highest BCUT2D eigenvalue weighted by Crippen LogP contribution is 2.49. The van der Waals surface area contributed by atoms with Crippen LogP contribution in [0.25, 0.3) is 0 Å². The zero-order chi connectivity index (χ0) is 18.3. The molecule has 1 aromatic carbocycles. The highest BCUT2D eigenvalue weighted by Gasteiger charge is 2.49. The van der Waals surface area contributed by atoms with Crippen LogP contribution in [-0.2, 0) is 0 Å². The number of carbonyl (C=O) groups is 1. The Bertz CT molecular complexity index is 676. The highest BCUT2D eigenvalue weighted by atomic mass is 16.7. The molecular weight excluding hydrogens is 312 g/mol. The first-order chi connectivity index (χ1) is 11.0. The summed E-state index contributed by atoms with van der Waals surface area (Å²) >= 11 is 0. The summed E-state index contributed by atoms with van der Waals surface area (Å²) in [6.07, 6.45) is 0. The largest absolute Gasteiger partial charge is 0.448 e. The molecule has 132 valence electrons. The summed E-state index contributed by atoms with van der Waals surface area (Å²) < 4.78 is 11.9. The van der Waals surface area contributed by atoms with Crippen molar-refractivity contribution in [3.05, 3.63) is 27.8 Å². The molecule has 0 saturated carbocycles. The van der Waals surface area contributed by atoms with E-state index in [4.69, 9.17) is 9.47 Å². The Labute approximate surface area is 141 Å². The number of hydrogen-bond acceptors (Lipinski definition) is 5. The van der Waals surface area contributed by atoms with Crippen LogP contribution in [0.2, 0.25) is 0 Å². The molecule has 0 N–H and O–H groups in total. The van der Waals surface area contributed by atoms with Crippen LogP contribution < -0.4 is 9.47 Å². The lowest BCUT2D eigenvalue weighted by molar-refractivity contribution is -0.385. The van der Waals surface area contributed by atoms with E-state index in [2.05, 4.69) is 0 Å². The molecule has 7 heteroatoms. The Morgan fingerprint density at radius 1 is 1.25 bits per heavy atom. The van der Waals surface area contributed by atoms with Crippen molar-refractivity contribution in [3.8, 4) is 11.5 Å². The van der Waals surface area contributed by atoms with Gasteiger partial charge in [-0.2, -0.15) is 0 Å². The van der Waals surface area contributed by atoms with E-state index in [0.29, 0.717) is 13.1 Å². The minimum absolute atomic E-state index is 0.163. The number of nitro groups is 1. The lowest BCUT2D eigenvalue weighted by Gasteiger charge is -2.36. The van der Waals surface area contributed by atoms with Crippen molar-refractivity contribution in [1.29, 1.82) is 0 Å². The van der Waals surface area contributed by atoms with Crippen molar-refractivity contribution >= 4 is 11.6 Å². The molecule has 2 rings (SSSR count). The maximum absolute atomic E-state index is 12.8. The first-order valence-corrected chi connectivity index (χ1v) is 8.03. The Balaban J connectivity index is 2.59. The van der Waals surface area contributed by atoms with Gasteiger partial charge in [0.25, 0.3) is 17.4 Å². The molecular formula is C17H24N2O5. The molecule has 0 aromatic heterocycles. The molecule has 1 amide bonds. The number of nitrogens with zero attached hydrogens (tertiary/aromatic N) is 2. The fourth-order valence-corrected chi connectivity index (χ4v) is 2.45. The number of amides is 1. The van der Waals surface area contributed by atoms with E-state index in [1.54, 1.807) is 11.8 Å². The van der Waals surface area contributed by atoms with Crippen molar-refractivity contribution < 1.29 is 19.2 Å². The van der Waals surface area contributed by atoms with Gasteiger partial charge in [0.15, 0.2) is 11.5 Å². The minimum Gasteiger partial charge on any atom is -0.448 e. The highest BCUT2D eigenvalue weighted by molar-refractivity contribution is 5.98. The third-order valence-electron chi connectivity index (χ3n) is 4.50. The second-order valence-electron chi connectivity index (χ2n) is 6.95. The lowest BCUT2D eigenvalue weighted by atomic mass is 9.87. The SMILES string of the molecule is CCN(CC)C(=O)c1cc([N+](=O)[O-])cc2c1OC(C)(C(C)(C)C)O2. The van der Waals surface area contributed by atoms with Gasteiger partial charge >= 0.3 is 0 Å². The molecule has 0 aliphatic carbocycles. The molecule has 1 atom stereocenters. The van der Waals surface area contributed by atoms with Crippen LogP contribution in [-0.4, -0.2) is 34.6 Å². The first-order valence-electron chi connectivity index (χ1n) is 8.03. The third-order valence-corrected chi connectivity index (χ3v) is 4.50. The monoisotopic (exact) mass is 336 g/mol. The molecule has 1 heterocycles. The summed E-state index contributed by atoms with van der Waals surface area (Å²) in [5, 5.41) is 11.2. The van der Waals surface area contributed by atoms with Crippen LogP contribution in [0.1, 0.15) is 51.9 Å². The number of non-ortho nitro benzene ring substituents is 1. The number of fused-ring (bicyclic) bond motifs is 1. The summed E-state index contributed by atoms with van der Waals surface area (Å²) in [6.45, 7) is 12.3. The number of ether oxygens (including phenoxy) is 2. The molecule has 1 aliphatic rings. The summed E-state index contributed by atoms with van der Waals surface area (Å²) in [7, 11) is 0. The van der Waals surface area contributed by atoms with Crippen LogP contribution in [0.15, 0.2) is 12.1 Å². The van der Waals surface area contributed by atoms with Crippen LogP contribution in [0, 0.1) is 15.5 Å². The van der Waals surface area contributed by atoms with E-state index < -0.39 is 16.1 Å². The molecule has 7 nitrogen and oxygen atoms in total. The van der Waals surface area contributed by atoms with Crippen molar-refractivity contribution in [2.75, 3.05) is 13.1 Å². The molecule has 0 radical (unpaired) electrons. The number of hydrogen-bond donors (Lipinski definition) is 0. The topological polar surface area (TPSA) is 81.9 Å². The average Bonchev–Trinajstić information content (AvgIpc) is 2.84. The van der Waals surface area contributed by atoms with E-state index in [9.17, 15) is 14.9 Å². The van der Waals surface area contributed by atoms with Crippen molar-refractivity contribution in [2.45, 2.75) is 47.3 Å². The van der Waals surface area contributed by atoms with E-state index in [1.165, 1.54) is 12.1 Å². The second kappa shape index (κ2) is 5.96. The van der Waals surface area contributed by atoms with E-state index in [0.717, 1.165) is 0 Å². The van der Waals surface area contributed by atoms with E-state index >= 15 is 0 Å². The van der Waals surface area contributed by atoms with Gasteiger partial charge in [0.05, 0.1) is 16.6 Å². The molecule has 1 aliphatic heterocycles. The van der Waals surface area contributed by atoms with Gasteiger partial charge in [-0.3, -0.25) is 14.9 Å². The van der Waals surface area contributed by atoms with E-state index in [-0.39, 0.29) is 28.7 Å². The van der Waals surface area contributed by atoms with Gasteiger partial charge in [0.2, 0.25) is 0 Å². The van der Waals surface area contributed by atoms with Gasteiger partial charge in [0.1, 0.15) is 0 Å². The van der Waals surface area contributed by atoms with Crippen molar-refractivity contribution in [2.24, 2.45) is 5.41 Å². The summed E-state index contributed by atoms with van der Waals surface area (Å²) in [6, 6.07) is 2.57. The predicted molar refractivity (Wildman–Crippen MR) is 89.5 cm³/mol. The summed E-state index contributed by atoms with van der Waals surface area (Å²) in [5.41, 5.74) is -0.419. The molecule has 0 saturated heterocycles. The molecule has 24 heavy (non-hydrogen) atoms. The van der Waals surface area contributed by atoms with Gasteiger partial charge in [-0.15, -0.1) is 0 Å². The summed E-state index contributed by atoms with van der Waals surface area (Å²) in [4.78, 5) is 25.1. The van der Waals surface area contributed by atoms with Gasteiger partial charge in [0, 0.05) is 31.5 Å². The Kier molecular flexibility index (Phi) is 4.48. The van der Waals surface area contributed by atoms with Crippen LogP contribution in [0.3, 0.4) is 0 Å². The quantitative estimate of drug-likeness (QED) is 0.619. The number of nitro benzene ring substituents is 1. The Morgan fingerprint density at radius 2 is 1.83 bits per heavy atom. The third kappa shape index (κ3) is 2.90. The van der Waals surface area contributed by atoms with Crippen LogP contribution >= 0.6 is 0 Å². The fraction of sp³-hybridized carbons (Fsp3) is 0.588. The fourth-order valence-electron chi connectivity index (χ4n) is 2.45. The maximum atomic E-state index is 12.8. The van der Waals surface area contributed by atoms with Gasteiger partial charge < -0.3 is 14.4 Å². The number of benzene rings is 1. The van der Waals surface area contributed by atoms with E-state index in [1.807, 2.05) is 34.6 Å². The normalized spacial score (nSPS) is 19.2. The Hall–Kier alpha value is -2.31. The Morgan fingerprint density at radius 3 is 2.29 bits per heavy atom. The average molecular weight is 336 g/mol. The molecule has 0 bridgehead atoms. The van der Waals surface area contributed by atoms with Gasteiger partial charge in [-0.05, 0) is 13.8 Å². The predicted octanol–water partition coefficient (Wildman–Crippen LogP) is 3.61. The molecule has 1 aromatic rings. The molecule has 0 spiro atoms. The molecule has 1 unspecified atom stereocenters.